The smallest absolute Gasteiger partial charge is 0.404 e. The van der Waals surface area contributed by atoms with E-state index in [9.17, 15) is 4.79 Å². The molecule has 144 valence electrons. The monoisotopic (exact) mass is 367 g/mol. The van der Waals surface area contributed by atoms with Crippen molar-refractivity contribution < 1.29 is 9.53 Å². The van der Waals surface area contributed by atoms with Gasteiger partial charge in [-0.2, -0.15) is 0 Å². The molecule has 1 aliphatic heterocycles. The van der Waals surface area contributed by atoms with Gasteiger partial charge < -0.3 is 15.4 Å². The third kappa shape index (κ3) is 5.47. The summed E-state index contributed by atoms with van der Waals surface area (Å²) < 4.78 is 5.13. The van der Waals surface area contributed by atoms with Crippen LogP contribution in [0.5, 0.6) is 0 Å². The van der Waals surface area contributed by atoms with E-state index in [0.29, 0.717) is 12.6 Å². The van der Waals surface area contributed by atoms with Gasteiger partial charge in [0.25, 0.3) is 0 Å². The van der Waals surface area contributed by atoms with Crippen molar-refractivity contribution in [3.8, 4) is 0 Å². The lowest BCUT2D eigenvalue weighted by Gasteiger charge is -2.40. The summed E-state index contributed by atoms with van der Waals surface area (Å²) in [6.45, 7) is 6.72. The van der Waals surface area contributed by atoms with Crippen LogP contribution in [0.4, 0.5) is 10.5 Å². The minimum atomic E-state index is -0.708. The van der Waals surface area contributed by atoms with Gasteiger partial charge in [0.2, 0.25) is 0 Å². The highest BCUT2D eigenvalue weighted by Crippen LogP contribution is 2.25. The molecule has 1 aliphatic rings. The van der Waals surface area contributed by atoms with Crippen LogP contribution in [-0.4, -0.2) is 49.8 Å². The van der Waals surface area contributed by atoms with Crippen LogP contribution in [0, 0.1) is 0 Å². The Labute approximate surface area is 161 Å². The number of ether oxygens (including phenoxy) is 1. The van der Waals surface area contributed by atoms with E-state index in [4.69, 9.17) is 10.5 Å². The lowest BCUT2D eigenvalue weighted by atomic mass is 9.92. The first-order valence-electron chi connectivity index (χ1n) is 9.64. The maximum absolute atomic E-state index is 11.1. The van der Waals surface area contributed by atoms with Crippen molar-refractivity contribution in [1.29, 1.82) is 0 Å². The van der Waals surface area contributed by atoms with Crippen molar-refractivity contribution in [2.24, 2.45) is 5.73 Å². The van der Waals surface area contributed by atoms with Gasteiger partial charge in [0, 0.05) is 43.8 Å². The highest BCUT2D eigenvalue weighted by Gasteiger charge is 2.24. The SMILES string of the molecule is CC(CC(COC(N)=O)c1ccccc1)N1CCN(c2ccccc2)CC1. The van der Waals surface area contributed by atoms with Crippen LogP contribution in [0.25, 0.3) is 0 Å². The molecule has 1 fully saturated rings. The Balaban J connectivity index is 1.57. The third-order valence-corrected chi connectivity index (χ3v) is 5.38. The lowest BCUT2D eigenvalue weighted by molar-refractivity contribution is 0.132. The van der Waals surface area contributed by atoms with Crippen LogP contribution in [-0.2, 0) is 4.74 Å². The summed E-state index contributed by atoms with van der Waals surface area (Å²) >= 11 is 0. The summed E-state index contributed by atoms with van der Waals surface area (Å²) in [5.74, 6) is 0.154. The summed E-state index contributed by atoms with van der Waals surface area (Å²) in [4.78, 5) is 16.0. The third-order valence-electron chi connectivity index (χ3n) is 5.38. The van der Waals surface area contributed by atoms with Gasteiger partial charge in [-0.05, 0) is 31.0 Å². The van der Waals surface area contributed by atoms with E-state index in [2.05, 4.69) is 59.2 Å². The van der Waals surface area contributed by atoms with Gasteiger partial charge in [-0.1, -0.05) is 48.5 Å². The molecule has 1 amide bonds. The minimum Gasteiger partial charge on any atom is -0.449 e. The van der Waals surface area contributed by atoms with E-state index < -0.39 is 6.09 Å². The Morgan fingerprint density at radius 2 is 1.59 bits per heavy atom. The van der Waals surface area contributed by atoms with Gasteiger partial charge >= 0.3 is 6.09 Å². The first kappa shape index (κ1) is 19.2. The number of benzene rings is 2. The number of nitrogens with zero attached hydrogens (tertiary/aromatic N) is 2. The molecule has 2 unspecified atom stereocenters. The van der Waals surface area contributed by atoms with Gasteiger partial charge in [0.05, 0.1) is 0 Å². The topological polar surface area (TPSA) is 58.8 Å². The van der Waals surface area contributed by atoms with Gasteiger partial charge in [0.1, 0.15) is 6.61 Å². The lowest BCUT2D eigenvalue weighted by Crippen LogP contribution is -2.50. The van der Waals surface area contributed by atoms with Crippen LogP contribution in [0.2, 0.25) is 0 Å². The predicted molar refractivity (Wildman–Crippen MR) is 109 cm³/mol. The van der Waals surface area contributed by atoms with E-state index in [1.807, 2.05) is 18.2 Å². The van der Waals surface area contributed by atoms with Crippen LogP contribution in [0.15, 0.2) is 60.7 Å². The molecule has 2 aromatic carbocycles. The molecule has 0 aromatic heterocycles. The first-order valence-corrected chi connectivity index (χ1v) is 9.64. The highest BCUT2D eigenvalue weighted by molar-refractivity contribution is 5.64. The Morgan fingerprint density at radius 3 is 2.19 bits per heavy atom. The zero-order valence-corrected chi connectivity index (χ0v) is 16.0. The Morgan fingerprint density at radius 1 is 1.00 bits per heavy atom. The number of rotatable bonds is 7. The largest absolute Gasteiger partial charge is 0.449 e. The maximum atomic E-state index is 11.1. The average molecular weight is 367 g/mol. The molecule has 0 spiro atoms. The fourth-order valence-corrected chi connectivity index (χ4v) is 3.83. The van der Waals surface area contributed by atoms with Gasteiger partial charge in [0.15, 0.2) is 0 Å². The van der Waals surface area contributed by atoms with Crippen molar-refractivity contribution in [2.45, 2.75) is 25.3 Å². The highest BCUT2D eigenvalue weighted by atomic mass is 16.5. The second-order valence-electron chi connectivity index (χ2n) is 7.18. The summed E-state index contributed by atoms with van der Waals surface area (Å²) in [6, 6.07) is 21.2. The van der Waals surface area contributed by atoms with Crippen LogP contribution in [0.3, 0.4) is 0 Å². The van der Waals surface area contributed by atoms with E-state index in [1.54, 1.807) is 0 Å². The molecule has 2 aromatic rings. The normalized spacial score (nSPS) is 17.3. The van der Waals surface area contributed by atoms with Crippen molar-refractivity contribution in [3.63, 3.8) is 0 Å². The Bertz CT molecular complexity index is 700. The van der Waals surface area contributed by atoms with E-state index in [-0.39, 0.29) is 5.92 Å². The van der Waals surface area contributed by atoms with Crippen LogP contribution in [0.1, 0.15) is 24.8 Å². The van der Waals surface area contributed by atoms with Gasteiger partial charge in [-0.3, -0.25) is 4.90 Å². The van der Waals surface area contributed by atoms with Crippen LogP contribution < -0.4 is 10.6 Å². The zero-order chi connectivity index (χ0) is 19.1. The molecule has 0 radical (unpaired) electrons. The number of hydrogen-bond donors (Lipinski definition) is 1. The summed E-state index contributed by atoms with van der Waals surface area (Å²) in [7, 11) is 0. The number of piperazine rings is 1. The second-order valence-corrected chi connectivity index (χ2v) is 7.18. The molecule has 0 bridgehead atoms. The number of primary amides is 1. The number of amides is 1. The molecule has 3 rings (SSSR count). The molecular formula is C22H29N3O2. The maximum Gasteiger partial charge on any atom is 0.404 e. The molecule has 1 heterocycles. The predicted octanol–water partition coefficient (Wildman–Crippen LogP) is 3.47. The molecule has 5 heteroatoms. The quantitative estimate of drug-likeness (QED) is 0.814. The summed E-state index contributed by atoms with van der Waals surface area (Å²) in [5, 5.41) is 0. The molecule has 5 nitrogen and oxygen atoms in total. The number of hydrogen-bond acceptors (Lipinski definition) is 4. The number of carbonyl (C=O) groups excluding carboxylic acids is 1. The summed E-state index contributed by atoms with van der Waals surface area (Å²) in [6.07, 6.45) is 0.225. The van der Waals surface area contributed by atoms with E-state index in [1.165, 1.54) is 11.3 Å². The van der Waals surface area contributed by atoms with Crippen molar-refractivity contribution in [2.75, 3.05) is 37.7 Å². The van der Waals surface area contributed by atoms with E-state index >= 15 is 0 Å². The molecule has 27 heavy (non-hydrogen) atoms. The Hall–Kier alpha value is -2.53. The first-order chi connectivity index (χ1) is 13.1. The minimum absolute atomic E-state index is 0.154. The number of carbonyl (C=O) groups is 1. The molecule has 1 saturated heterocycles. The average Bonchev–Trinajstić information content (AvgIpc) is 2.72. The summed E-state index contributed by atoms with van der Waals surface area (Å²) in [5.41, 5.74) is 7.67. The number of nitrogens with two attached hydrogens (primary N) is 1. The molecule has 2 atom stereocenters. The van der Waals surface area contributed by atoms with Crippen molar-refractivity contribution in [3.05, 3.63) is 66.2 Å². The fourth-order valence-electron chi connectivity index (χ4n) is 3.83. The van der Waals surface area contributed by atoms with Crippen LogP contribution >= 0.6 is 0 Å². The molecular weight excluding hydrogens is 338 g/mol. The van der Waals surface area contributed by atoms with Crippen molar-refractivity contribution in [1.82, 2.24) is 4.90 Å². The second kappa shape index (κ2) is 9.42. The van der Waals surface area contributed by atoms with Gasteiger partial charge in [-0.15, -0.1) is 0 Å². The standard InChI is InChI=1S/C22H29N3O2/c1-18(16-20(17-27-22(23)26)19-8-4-2-5-9-19)24-12-14-25(15-13-24)21-10-6-3-7-11-21/h2-11,18,20H,12-17H2,1H3,(H2,23,26). The number of anilines is 1. The zero-order valence-electron chi connectivity index (χ0n) is 16.0. The van der Waals surface area contributed by atoms with Gasteiger partial charge in [-0.25, -0.2) is 4.79 Å². The molecule has 0 aliphatic carbocycles. The Kier molecular flexibility index (Phi) is 6.71. The van der Waals surface area contributed by atoms with Crippen molar-refractivity contribution >= 4 is 11.8 Å². The fraction of sp³-hybridized carbons (Fsp3) is 0.409. The van der Waals surface area contributed by atoms with E-state index in [0.717, 1.165) is 32.6 Å². The molecule has 2 N–H and O–H groups in total. The number of para-hydroxylation sites is 1. The molecule has 0 saturated carbocycles.